The monoisotopic (exact) mass is 249 g/mol. The zero-order valence-corrected chi connectivity index (χ0v) is 10.0. The Bertz CT molecular complexity index is 321. The van der Waals surface area contributed by atoms with Gasteiger partial charge in [0.2, 0.25) is 0 Å². The Labute approximate surface area is 98.8 Å². The van der Waals surface area contributed by atoms with Gasteiger partial charge >= 0.3 is 0 Å². The molecule has 1 rings (SSSR count). The second kappa shape index (κ2) is 5.98. The molecule has 0 spiro atoms. The van der Waals surface area contributed by atoms with Crippen LogP contribution >= 0.6 is 23.2 Å². The summed E-state index contributed by atoms with van der Waals surface area (Å²) < 4.78 is 1.73. The third-order valence-electron chi connectivity index (χ3n) is 1.92. The van der Waals surface area contributed by atoms with Gasteiger partial charge in [-0.2, -0.15) is 0 Å². The fraction of sp³-hybridized carbons (Fsp3) is 0.556. The standard InChI is InChI=1S/C9H13Cl2N3O/c1-13-6-8(12-7-13)9(15)14(4-2-10)5-3-11/h6-7H,2-5H2,1H3. The first-order valence-corrected chi connectivity index (χ1v) is 5.65. The molecule has 1 heterocycles. The van der Waals surface area contributed by atoms with E-state index in [2.05, 4.69) is 4.98 Å². The lowest BCUT2D eigenvalue weighted by Crippen LogP contribution is -2.34. The number of halogens is 2. The highest BCUT2D eigenvalue weighted by molar-refractivity contribution is 6.18. The number of nitrogens with zero attached hydrogens (tertiary/aromatic N) is 3. The van der Waals surface area contributed by atoms with Crippen LogP contribution in [0.5, 0.6) is 0 Å². The average molecular weight is 250 g/mol. The normalized spacial score (nSPS) is 10.3. The first-order valence-electron chi connectivity index (χ1n) is 4.58. The Hall–Kier alpha value is -0.740. The average Bonchev–Trinajstić information content (AvgIpc) is 2.63. The van der Waals surface area contributed by atoms with Crippen molar-refractivity contribution in [3.63, 3.8) is 0 Å². The Morgan fingerprint density at radius 1 is 1.47 bits per heavy atom. The van der Waals surface area contributed by atoms with Crippen molar-refractivity contribution < 1.29 is 4.79 Å². The molecule has 1 amide bonds. The summed E-state index contributed by atoms with van der Waals surface area (Å²) in [6.45, 7) is 0.980. The van der Waals surface area contributed by atoms with E-state index >= 15 is 0 Å². The van der Waals surface area contributed by atoms with Crippen molar-refractivity contribution in [3.05, 3.63) is 18.2 Å². The molecule has 0 saturated heterocycles. The molecule has 1 aromatic rings. The molecule has 6 heteroatoms. The van der Waals surface area contributed by atoms with Crippen LogP contribution in [0.1, 0.15) is 10.5 Å². The first kappa shape index (κ1) is 12.3. The van der Waals surface area contributed by atoms with Crippen molar-refractivity contribution in [2.45, 2.75) is 0 Å². The molecule has 0 radical (unpaired) electrons. The van der Waals surface area contributed by atoms with Gasteiger partial charge in [-0.05, 0) is 0 Å². The molecule has 1 aromatic heterocycles. The molecule has 0 unspecified atom stereocenters. The van der Waals surface area contributed by atoms with Crippen LogP contribution in [0.2, 0.25) is 0 Å². The van der Waals surface area contributed by atoms with Crippen LogP contribution in [0.4, 0.5) is 0 Å². The number of hydrogen-bond donors (Lipinski definition) is 0. The summed E-state index contributed by atoms with van der Waals surface area (Å²) in [6, 6.07) is 0. The molecule has 84 valence electrons. The third kappa shape index (κ3) is 3.39. The van der Waals surface area contributed by atoms with Gasteiger partial charge in [-0.25, -0.2) is 4.98 Å². The SMILES string of the molecule is Cn1cnc(C(=O)N(CCCl)CCCl)c1. The number of rotatable bonds is 5. The minimum absolute atomic E-state index is 0.128. The minimum atomic E-state index is -0.128. The second-order valence-electron chi connectivity index (χ2n) is 3.09. The highest BCUT2D eigenvalue weighted by Gasteiger charge is 2.16. The molecular weight excluding hydrogens is 237 g/mol. The van der Waals surface area contributed by atoms with Crippen LogP contribution in [0, 0.1) is 0 Å². The maximum absolute atomic E-state index is 11.9. The molecule has 0 saturated carbocycles. The van der Waals surface area contributed by atoms with Gasteiger partial charge in [-0.15, -0.1) is 23.2 Å². The summed E-state index contributed by atoms with van der Waals surface area (Å²) >= 11 is 11.2. The third-order valence-corrected chi connectivity index (χ3v) is 2.26. The lowest BCUT2D eigenvalue weighted by molar-refractivity contribution is 0.0769. The van der Waals surface area contributed by atoms with Crippen LogP contribution in [-0.4, -0.2) is 45.2 Å². The zero-order chi connectivity index (χ0) is 11.3. The minimum Gasteiger partial charge on any atom is -0.340 e. The molecule has 0 N–H and O–H groups in total. The van der Waals surface area contributed by atoms with Crippen LogP contribution in [-0.2, 0) is 7.05 Å². The maximum Gasteiger partial charge on any atom is 0.274 e. The summed E-state index contributed by atoms with van der Waals surface area (Å²) in [4.78, 5) is 17.5. The predicted molar refractivity (Wildman–Crippen MR) is 60.6 cm³/mol. The van der Waals surface area contributed by atoms with Gasteiger partial charge in [-0.1, -0.05) is 0 Å². The van der Waals surface area contributed by atoms with Gasteiger partial charge in [0.15, 0.2) is 0 Å². The van der Waals surface area contributed by atoms with E-state index in [4.69, 9.17) is 23.2 Å². The summed E-state index contributed by atoms with van der Waals surface area (Å²) in [5.41, 5.74) is 0.424. The fourth-order valence-corrected chi connectivity index (χ4v) is 1.61. The number of amides is 1. The van der Waals surface area contributed by atoms with Crippen molar-refractivity contribution in [3.8, 4) is 0 Å². The van der Waals surface area contributed by atoms with Crippen LogP contribution in [0.25, 0.3) is 0 Å². The van der Waals surface area contributed by atoms with E-state index in [9.17, 15) is 4.79 Å². The lowest BCUT2D eigenvalue weighted by atomic mass is 10.4. The highest BCUT2D eigenvalue weighted by Crippen LogP contribution is 2.02. The Balaban J connectivity index is 2.71. The van der Waals surface area contributed by atoms with Gasteiger partial charge < -0.3 is 9.47 Å². The molecule has 0 atom stereocenters. The molecule has 4 nitrogen and oxygen atoms in total. The second-order valence-corrected chi connectivity index (χ2v) is 3.85. The molecule has 15 heavy (non-hydrogen) atoms. The molecular formula is C9H13Cl2N3O. The van der Waals surface area contributed by atoms with Crippen molar-refractivity contribution in [2.75, 3.05) is 24.8 Å². The van der Waals surface area contributed by atoms with Gasteiger partial charge in [0.05, 0.1) is 6.33 Å². The molecule has 0 aliphatic rings. The van der Waals surface area contributed by atoms with Gasteiger partial charge in [0.25, 0.3) is 5.91 Å². The van der Waals surface area contributed by atoms with E-state index in [1.54, 1.807) is 22.0 Å². The fourth-order valence-electron chi connectivity index (χ4n) is 1.20. The van der Waals surface area contributed by atoms with Crippen LogP contribution in [0.15, 0.2) is 12.5 Å². The molecule has 0 fully saturated rings. The number of aromatic nitrogens is 2. The number of alkyl halides is 2. The predicted octanol–water partition coefficient (Wildman–Crippen LogP) is 1.34. The summed E-state index contributed by atoms with van der Waals surface area (Å²) in [5, 5.41) is 0. The number of imidazole rings is 1. The lowest BCUT2D eigenvalue weighted by Gasteiger charge is -2.18. The number of hydrogen-bond acceptors (Lipinski definition) is 2. The summed E-state index contributed by atoms with van der Waals surface area (Å²) in [7, 11) is 1.82. The van der Waals surface area contributed by atoms with Crippen molar-refractivity contribution in [1.29, 1.82) is 0 Å². The quantitative estimate of drug-likeness (QED) is 0.739. The van der Waals surface area contributed by atoms with Gasteiger partial charge in [0, 0.05) is 38.1 Å². The van der Waals surface area contributed by atoms with E-state index in [1.807, 2.05) is 7.05 Å². The maximum atomic E-state index is 11.9. The Morgan fingerprint density at radius 2 is 2.07 bits per heavy atom. The molecule has 0 aromatic carbocycles. The van der Waals surface area contributed by atoms with Gasteiger partial charge in [-0.3, -0.25) is 4.79 Å². The Morgan fingerprint density at radius 3 is 2.47 bits per heavy atom. The largest absolute Gasteiger partial charge is 0.340 e. The number of carbonyl (C=O) groups excluding carboxylic acids is 1. The molecule has 0 bridgehead atoms. The highest BCUT2D eigenvalue weighted by atomic mass is 35.5. The topological polar surface area (TPSA) is 38.1 Å². The van der Waals surface area contributed by atoms with E-state index < -0.39 is 0 Å². The summed E-state index contributed by atoms with van der Waals surface area (Å²) in [6.07, 6.45) is 3.27. The number of aryl methyl sites for hydroxylation is 1. The molecule has 0 aliphatic carbocycles. The van der Waals surface area contributed by atoms with Crippen molar-refractivity contribution >= 4 is 29.1 Å². The first-order chi connectivity index (χ1) is 7.19. The van der Waals surface area contributed by atoms with E-state index in [-0.39, 0.29) is 5.91 Å². The van der Waals surface area contributed by atoms with Crippen molar-refractivity contribution in [2.24, 2.45) is 7.05 Å². The summed E-state index contributed by atoms with van der Waals surface area (Å²) in [5.74, 6) is 0.669. The zero-order valence-electron chi connectivity index (χ0n) is 8.49. The van der Waals surface area contributed by atoms with E-state index in [1.165, 1.54) is 0 Å². The number of carbonyl (C=O) groups is 1. The van der Waals surface area contributed by atoms with Crippen molar-refractivity contribution in [1.82, 2.24) is 14.5 Å². The molecule has 0 aliphatic heterocycles. The smallest absolute Gasteiger partial charge is 0.274 e. The van der Waals surface area contributed by atoms with Crippen LogP contribution < -0.4 is 0 Å². The van der Waals surface area contributed by atoms with Gasteiger partial charge in [0.1, 0.15) is 5.69 Å². The van der Waals surface area contributed by atoms with E-state index in [0.29, 0.717) is 30.5 Å². The Kier molecular flexibility index (Phi) is 4.91. The van der Waals surface area contributed by atoms with Crippen LogP contribution in [0.3, 0.4) is 0 Å². The van der Waals surface area contributed by atoms with E-state index in [0.717, 1.165) is 0 Å².